The monoisotopic (exact) mass is 541 g/mol. The van der Waals surface area contributed by atoms with Gasteiger partial charge < -0.3 is 14.1 Å². The predicted molar refractivity (Wildman–Crippen MR) is 134 cm³/mol. The van der Waals surface area contributed by atoms with Crippen LogP contribution in [0.4, 0.5) is 8.78 Å². The molecule has 5 nitrogen and oxygen atoms in total. The van der Waals surface area contributed by atoms with Crippen LogP contribution in [0.3, 0.4) is 0 Å². The third-order valence-corrected chi connectivity index (χ3v) is 8.62. The molecule has 2 fully saturated rings. The van der Waals surface area contributed by atoms with Crippen LogP contribution in [0.25, 0.3) is 27.5 Å². The number of carbonyl (C=O) groups excluding carboxylic acids is 1. The lowest BCUT2D eigenvalue weighted by molar-refractivity contribution is -0.111. The first-order chi connectivity index (χ1) is 17.1. The Morgan fingerprint density at radius 2 is 1.80 bits per heavy atom. The van der Waals surface area contributed by atoms with Crippen LogP contribution in [0.1, 0.15) is 61.6 Å². The lowest BCUT2D eigenvalue weighted by Gasteiger charge is -2.30. The van der Waals surface area contributed by atoms with Crippen molar-refractivity contribution in [1.29, 1.82) is 0 Å². The van der Waals surface area contributed by atoms with Crippen LogP contribution in [0.5, 0.6) is 0 Å². The molecule has 1 saturated carbocycles. The van der Waals surface area contributed by atoms with E-state index in [-0.39, 0.29) is 17.8 Å². The Kier molecular flexibility index (Phi) is 5.96. The van der Waals surface area contributed by atoms with Gasteiger partial charge >= 0.3 is 0 Å². The number of aromatic amines is 1. The minimum atomic E-state index is -0.862. The molecule has 1 aliphatic heterocycles. The second-order valence-corrected chi connectivity index (χ2v) is 10.6. The number of nitrogens with zero attached hydrogens (tertiary/aromatic N) is 2. The van der Waals surface area contributed by atoms with Crippen LogP contribution < -0.4 is 0 Å². The molecule has 1 saturated heterocycles. The van der Waals surface area contributed by atoms with Crippen molar-refractivity contribution >= 4 is 44.0 Å². The van der Waals surface area contributed by atoms with Crippen LogP contribution in [0.2, 0.25) is 0 Å². The molecule has 4 aromatic rings. The number of ether oxygens (including phenoxy) is 1. The number of aldehydes is 1. The first kappa shape index (κ1) is 22.9. The largest absolute Gasteiger partial charge is 0.381 e. The lowest BCUT2D eigenvalue weighted by Crippen LogP contribution is -2.20. The maximum absolute atomic E-state index is 14.5. The standard InChI is InChI=1S/C27H26BrF2N3O2/c28-25-24-22(11-18-13-31-32-26(18)25)33(19-5-6-20(29)21(30)12-19)27(17-7-9-35-10-8-17)23(24)16-3-1-15(14-34)2-4-16/h5-6,11-17H,1-4,7-10H2,(H,31,32). The van der Waals surface area contributed by atoms with E-state index in [1.165, 1.54) is 17.7 Å². The summed E-state index contributed by atoms with van der Waals surface area (Å²) < 4.78 is 37.2. The van der Waals surface area contributed by atoms with Gasteiger partial charge in [0.25, 0.3) is 0 Å². The molecule has 2 aliphatic rings. The summed E-state index contributed by atoms with van der Waals surface area (Å²) in [6.45, 7) is 1.35. The van der Waals surface area contributed by atoms with Gasteiger partial charge in [0.05, 0.1) is 21.7 Å². The minimum Gasteiger partial charge on any atom is -0.381 e. The summed E-state index contributed by atoms with van der Waals surface area (Å²) in [5, 5.41) is 9.38. The van der Waals surface area contributed by atoms with Gasteiger partial charge in [0, 0.05) is 53.3 Å². The van der Waals surface area contributed by atoms with Crippen molar-refractivity contribution < 1.29 is 18.3 Å². The van der Waals surface area contributed by atoms with Gasteiger partial charge in [-0.2, -0.15) is 5.10 Å². The molecule has 2 aromatic heterocycles. The van der Waals surface area contributed by atoms with Crippen molar-refractivity contribution in [3.8, 4) is 5.69 Å². The quantitative estimate of drug-likeness (QED) is 0.285. The number of fused-ring (bicyclic) bond motifs is 2. The zero-order valence-corrected chi connectivity index (χ0v) is 20.8. The molecule has 0 bridgehead atoms. The van der Waals surface area contributed by atoms with Crippen LogP contribution in [0.15, 0.2) is 34.9 Å². The molecule has 0 radical (unpaired) electrons. The minimum absolute atomic E-state index is 0.111. The average molecular weight is 542 g/mol. The summed E-state index contributed by atoms with van der Waals surface area (Å²) in [5.74, 6) is -1.11. The average Bonchev–Trinajstić information content (AvgIpc) is 3.50. The molecule has 0 amide bonds. The van der Waals surface area contributed by atoms with Crippen LogP contribution in [-0.4, -0.2) is 34.3 Å². The molecule has 2 aromatic carbocycles. The number of H-pyrrole nitrogens is 1. The van der Waals surface area contributed by atoms with Crippen molar-refractivity contribution in [1.82, 2.24) is 14.8 Å². The summed E-state index contributed by atoms with van der Waals surface area (Å²) in [6, 6.07) is 6.23. The number of hydrogen-bond acceptors (Lipinski definition) is 3. The zero-order chi connectivity index (χ0) is 24.1. The summed E-state index contributed by atoms with van der Waals surface area (Å²) >= 11 is 3.88. The molecule has 1 N–H and O–H groups in total. The van der Waals surface area contributed by atoms with Crippen molar-refractivity contribution in [3.63, 3.8) is 0 Å². The molecular weight excluding hydrogens is 516 g/mol. The third-order valence-electron chi connectivity index (χ3n) is 7.83. The van der Waals surface area contributed by atoms with E-state index in [0.29, 0.717) is 18.9 Å². The highest BCUT2D eigenvalue weighted by atomic mass is 79.9. The predicted octanol–water partition coefficient (Wildman–Crippen LogP) is 6.91. The summed E-state index contributed by atoms with van der Waals surface area (Å²) in [6.07, 6.45) is 8.18. The fourth-order valence-electron chi connectivity index (χ4n) is 6.08. The van der Waals surface area contributed by atoms with Gasteiger partial charge in [-0.15, -0.1) is 0 Å². The van der Waals surface area contributed by atoms with Gasteiger partial charge in [-0.3, -0.25) is 5.10 Å². The molecular formula is C27H26BrF2N3O2. The summed E-state index contributed by atoms with van der Waals surface area (Å²) in [7, 11) is 0. The Morgan fingerprint density at radius 3 is 2.51 bits per heavy atom. The second-order valence-electron chi connectivity index (χ2n) is 9.79. The van der Waals surface area contributed by atoms with Crippen molar-refractivity contribution in [2.75, 3.05) is 13.2 Å². The van der Waals surface area contributed by atoms with Crippen LogP contribution >= 0.6 is 15.9 Å². The second kappa shape index (κ2) is 9.13. The first-order valence-electron chi connectivity index (χ1n) is 12.2. The third kappa shape index (κ3) is 3.82. The fraction of sp³-hybridized carbons (Fsp3) is 0.407. The van der Waals surface area contributed by atoms with Gasteiger partial charge in [0.1, 0.15) is 6.29 Å². The number of halogens is 3. The zero-order valence-electron chi connectivity index (χ0n) is 19.2. The Labute approximate surface area is 210 Å². The van der Waals surface area contributed by atoms with E-state index in [2.05, 4.69) is 36.8 Å². The number of nitrogens with one attached hydrogen (secondary N) is 1. The normalized spacial score (nSPS) is 21.7. The Hall–Kier alpha value is -2.58. The van der Waals surface area contributed by atoms with E-state index >= 15 is 0 Å². The van der Waals surface area contributed by atoms with E-state index in [9.17, 15) is 13.6 Å². The molecule has 0 unspecified atom stereocenters. The molecule has 3 heterocycles. The Balaban J connectivity index is 1.68. The highest BCUT2D eigenvalue weighted by molar-refractivity contribution is 9.10. The Bertz CT molecular complexity index is 1420. The maximum atomic E-state index is 14.5. The molecule has 0 spiro atoms. The first-order valence-corrected chi connectivity index (χ1v) is 13.0. The number of benzene rings is 2. The Morgan fingerprint density at radius 1 is 1.03 bits per heavy atom. The van der Waals surface area contributed by atoms with E-state index < -0.39 is 11.6 Å². The maximum Gasteiger partial charge on any atom is 0.160 e. The molecule has 35 heavy (non-hydrogen) atoms. The molecule has 6 rings (SSSR count). The summed E-state index contributed by atoms with van der Waals surface area (Å²) in [4.78, 5) is 11.4. The van der Waals surface area contributed by atoms with Gasteiger partial charge in [-0.1, -0.05) is 0 Å². The lowest BCUT2D eigenvalue weighted by atomic mass is 9.76. The number of rotatable bonds is 4. The summed E-state index contributed by atoms with van der Waals surface area (Å²) in [5.41, 5.74) is 4.89. The molecule has 8 heteroatoms. The van der Waals surface area contributed by atoms with Crippen molar-refractivity contribution in [2.24, 2.45) is 5.92 Å². The van der Waals surface area contributed by atoms with Gasteiger partial charge in [0.15, 0.2) is 11.6 Å². The van der Waals surface area contributed by atoms with Crippen LogP contribution in [0, 0.1) is 17.6 Å². The topological polar surface area (TPSA) is 59.9 Å². The number of hydrogen-bond donors (Lipinski definition) is 1. The van der Waals surface area contributed by atoms with Crippen LogP contribution in [-0.2, 0) is 9.53 Å². The van der Waals surface area contributed by atoms with Gasteiger partial charge in [-0.25, -0.2) is 8.78 Å². The van der Waals surface area contributed by atoms with E-state index in [1.807, 2.05) is 0 Å². The number of carbonyl (C=O) groups is 1. The van der Waals surface area contributed by atoms with Gasteiger partial charge in [-0.05, 0) is 84.1 Å². The molecule has 0 atom stereocenters. The molecule has 182 valence electrons. The smallest absolute Gasteiger partial charge is 0.160 e. The van der Waals surface area contributed by atoms with Crippen molar-refractivity contribution in [2.45, 2.75) is 50.4 Å². The van der Waals surface area contributed by atoms with E-state index in [0.717, 1.165) is 76.8 Å². The van der Waals surface area contributed by atoms with Gasteiger partial charge in [0.2, 0.25) is 0 Å². The van der Waals surface area contributed by atoms with Crippen molar-refractivity contribution in [3.05, 3.63) is 57.8 Å². The number of aromatic nitrogens is 3. The van der Waals surface area contributed by atoms with E-state index in [1.54, 1.807) is 12.3 Å². The van der Waals surface area contributed by atoms with E-state index in [4.69, 9.17) is 4.74 Å². The highest BCUT2D eigenvalue weighted by Crippen LogP contribution is 2.49. The highest BCUT2D eigenvalue weighted by Gasteiger charge is 2.34. The fourth-order valence-corrected chi connectivity index (χ4v) is 6.82. The molecule has 1 aliphatic carbocycles. The SMILES string of the molecule is O=CC1CCC(c2c(C3CCOCC3)n(-c3ccc(F)c(F)c3)c3cc4cn[nH]c4c(Br)c23)CC1.